The summed E-state index contributed by atoms with van der Waals surface area (Å²) in [4.78, 5) is 16.9. The van der Waals surface area contributed by atoms with Crippen molar-refractivity contribution < 1.29 is 4.79 Å². The molecule has 2 unspecified atom stereocenters. The van der Waals surface area contributed by atoms with Gasteiger partial charge in [0, 0.05) is 38.4 Å². The van der Waals surface area contributed by atoms with E-state index in [-0.39, 0.29) is 6.03 Å². The molecule has 126 valence electrons. The molecule has 3 rings (SSSR count). The Bertz CT molecular complexity index is 529. The molecule has 1 N–H and O–H groups in total. The van der Waals surface area contributed by atoms with Gasteiger partial charge >= 0.3 is 6.03 Å². The molecule has 2 fully saturated rings. The van der Waals surface area contributed by atoms with Gasteiger partial charge in [0.2, 0.25) is 0 Å². The van der Waals surface area contributed by atoms with E-state index in [1.54, 1.807) is 0 Å². The van der Waals surface area contributed by atoms with Crippen molar-refractivity contribution in [3.63, 3.8) is 0 Å². The van der Waals surface area contributed by atoms with Crippen molar-refractivity contribution in [1.29, 1.82) is 0 Å². The van der Waals surface area contributed by atoms with Gasteiger partial charge in [0.05, 0.1) is 0 Å². The standard InChI is InChI=1S/C19H29N3O/c1-15-11-16(2)14-22(13-15)19(23)20-12-17-7-3-4-8-18(17)21-9-5-6-10-21/h3-4,7-8,15-16H,5-6,9-14H2,1-2H3,(H,20,23). The maximum absolute atomic E-state index is 12.5. The fraction of sp³-hybridized carbons (Fsp3) is 0.632. The quantitative estimate of drug-likeness (QED) is 0.927. The summed E-state index contributed by atoms with van der Waals surface area (Å²) >= 11 is 0. The van der Waals surface area contributed by atoms with E-state index in [9.17, 15) is 4.79 Å². The molecule has 0 spiro atoms. The lowest BCUT2D eigenvalue weighted by Crippen LogP contribution is -2.47. The number of hydrogen-bond donors (Lipinski definition) is 1. The van der Waals surface area contributed by atoms with Gasteiger partial charge in [-0.2, -0.15) is 0 Å². The molecule has 4 nitrogen and oxygen atoms in total. The Balaban J connectivity index is 1.61. The van der Waals surface area contributed by atoms with Crippen LogP contribution in [0.2, 0.25) is 0 Å². The summed E-state index contributed by atoms with van der Waals surface area (Å²) in [5.41, 5.74) is 2.51. The van der Waals surface area contributed by atoms with Crippen LogP contribution < -0.4 is 10.2 Å². The molecule has 0 aromatic heterocycles. The maximum Gasteiger partial charge on any atom is 0.317 e. The average Bonchev–Trinajstić information content (AvgIpc) is 3.06. The highest BCUT2D eigenvalue weighted by Crippen LogP contribution is 2.25. The first kappa shape index (κ1) is 16.2. The van der Waals surface area contributed by atoms with E-state index >= 15 is 0 Å². The molecular weight excluding hydrogens is 286 g/mol. The Morgan fingerprint density at radius 2 is 1.78 bits per heavy atom. The summed E-state index contributed by atoms with van der Waals surface area (Å²) in [7, 11) is 0. The van der Waals surface area contributed by atoms with Crippen LogP contribution >= 0.6 is 0 Å². The second-order valence-corrected chi connectivity index (χ2v) is 7.33. The van der Waals surface area contributed by atoms with Gasteiger partial charge in [-0.3, -0.25) is 0 Å². The highest BCUT2D eigenvalue weighted by Gasteiger charge is 2.25. The van der Waals surface area contributed by atoms with Crippen LogP contribution in [0.5, 0.6) is 0 Å². The molecule has 2 amide bonds. The molecule has 23 heavy (non-hydrogen) atoms. The highest BCUT2D eigenvalue weighted by atomic mass is 16.2. The molecule has 2 atom stereocenters. The van der Waals surface area contributed by atoms with E-state index in [0.29, 0.717) is 18.4 Å². The van der Waals surface area contributed by atoms with E-state index in [0.717, 1.165) is 26.2 Å². The van der Waals surface area contributed by atoms with Crippen molar-refractivity contribution in [2.24, 2.45) is 11.8 Å². The molecule has 0 saturated carbocycles. The van der Waals surface area contributed by atoms with E-state index in [1.807, 2.05) is 4.90 Å². The maximum atomic E-state index is 12.5. The van der Waals surface area contributed by atoms with E-state index in [2.05, 4.69) is 48.3 Å². The molecule has 2 heterocycles. The van der Waals surface area contributed by atoms with Crippen LogP contribution in [0.15, 0.2) is 24.3 Å². The molecule has 0 radical (unpaired) electrons. The zero-order valence-electron chi connectivity index (χ0n) is 14.4. The summed E-state index contributed by atoms with van der Waals surface area (Å²) in [6, 6.07) is 8.55. The number of carbonyl (C=O) groups is 1. The molecular formula is C19H29N3O. The minimum atomic E-state index is 0.0830. The number of hydrogen-bond acceptors (Lipinski definition) is 2. The third kappa shape index (κ3) is 3.98. The molecule has 1 aromatic carbocycles. The number of benzene rings is 1. The predicted molar refractivity (Wildman–Crippen MR) is 94.6 cm³/mol. The van der Waals surface area contributed by atoms with Crippen molar-refractivity contribution in [3.05, 3.63) is 29.8 Å². The van der Waals surface area contributed by atoms with Gasteiger partial charge in [-0.1, -0.05) is 32.0 Å². The molecule has 2 aliphatic rings. The number of nitrogens with one attached hydrogen (secondary N) is 1. The lowest BCUT2D eigenvalue weighted by atomic mass is 9.92. The first-order valence-electron chi connectivity index (χ1n) is 8.99. The van der Waals surface area contributed by atoms with E-state index < -0.39 is 0 Å². The van der Waals surface area contributed by atoms with Crippen molar-refractivity contribution in [2.45, 2.75) is 39.7 Å². The molecule has 4 heteroatoms. The van der Waals surface area contributed by atoms with Gasteiger partial charge in [-0.25, -0.2) is 4.79 Å². The Labute approximate surface area is 139 Å². The molecule has 0 aliphatic carbocycles. The molecule has 1 aromatic rings. The number of para-hydroxylation sites is 1. The lowest BCUT2D eigenvalue weighted by molar-refractivity contribution is 0.146. The van der Waals surface area contributed by atoms with Gasteiger partial charge in [0.1, 0.15) is 0 Å². The third-order valence-corrected chi connectivity index (χ3v) is 5.02. The summed E-state index contributed by atoms with van der Waals surface area (Å²) < 4.78 is 0. The van der Waals surface area contributed by atoms with E-state index in [1.165, 1.54) is 30.5 Å². The van der Waals surface area contributed by atoms with Crippen molar-refractivity contribution in [3.8, 4) is 0 Å². The van der Waals surface area contributed by atoms with Crippen LogP contribution in [0, 0.1) is 11.8 Å². The second kappa shape index (κ2) is 7.24. The summed E-state index contributed by atoms with van der Waals surface area (Å²) in [6.45, 7) is 9.11. The number of rotatable bonds is 3. The van der Waals surface area contributed by atoms with Gasteiger partial charge in [-0.15, -0.1) is 0 Å². The number of anilines is 1. The normalized spacial score (nSPS) is 24.8. The average molecular weight is 315 g/mol. The number of amides is 2. The fourth-order valence-electron chi connectivity index (χ4n) is 4.04. The number of urea groups is 1. The SMILES string of the molecule is CC1CC(C)CN(C(=O)NCc2ccccc2N2CCCC2)C1. The van der Waals surface area contributed by atoms with Crippen molar-refractivity contribution >= 4 is 11.7 Å². The van der Waals surface area contributed by atoms with Crippen LogP contribution in [-0.2, 0) is 6.54 Å². The number of carbonyl (C=O) groups excluding carboxylic acids is 1. The number of likely N-dealkylation sites (tertiary alicyclic amines) is 1. The van der Waals surface area contributed by atoms with Crippen LogP contribution in [0.4, 0.5) is 10.5 Å². The second-order valence-electron chi connectivity index (χ2n) is 7.33. The van der Waals surface area contributed by atoms with E-state index in [4.69, 9.17) is 0 Å². The van der Waals surface area contributed by atoms with Crippen LogP contribution in [-0.4, -0.2) is 37.1 Å². The first-order valence-corrected chi connectivity index (χ1v) is 8.99. The van der Waals surface area contributed by atoms with Gasteiger partial charge < -0.3 is 15.1 Å². The third-order valence-electron chi connectivity index (χ3n) is 5.02. The van der Waals surface area contributed by atoms with Gasteiger partial charge in [-0.05, 0) is 42.7 Å². The lowest BCUT2D eigenvalue weighted by Gasteiger charge is -2.35. The summed E-state index contributed by atoms with van der Waals surface area (Å²) in [6.07, 6.45) is 3.76. The zero-order valence-corrected chi connectivity index (χ0v) is 14.4. The van der Waals surface area contributed by atoms with Gasteiger partial charge in [0.25, 0.3) is 0 Å². The predicted octanol–water partition coefficient (Wildman–Crippen LogP) is 3.47. The molecule has 0 bridgehead atoms. The van der Waals surface area contributed by atoms with Gasteiger partial charge in [0.15, 0.2) is 0 Å². The van der Waals surface area contributed by atoms with Crippen molar-refractivity contribution in [2.75, 3.05) is 31.1 Å². The minimum absolute atomic E-state index is 0.0830. The summed E-state index contributed by atoms with van der Waals surface area (Å²) in [5.74, 6) is 1.20. The minimum Gasteiger partial charge on any atom is -0.371 e. The monoisotopic (exact) mass is 315 g/mol. The molecule has 2 aliphatic heterocycles. The Kier molecular flexibility index (Phi) is 5.09. The fourth-order valence-corrected chi connectivity index (χ4v) is 4.04. The number of nitrogens with zero attached hydrogens (tertiary/aromatic N) is 2. The topological polar surface area (TPSA) is 35.6 Å². The zero-order chi connectivity index (χ0) is 16.2. The van der Waals surface area contributed by atoms with Crippen LogP contribution in [0.1, 0.15) is 38.7 Å². The first-order chi connectivity index (χ1) is 11.1. The van der Waals surface area contributed by atoms with Crippen LogP contribution in [0.25, 0.3) is 0 Å². The highest BCUT2D eigenvalue weighted by molar-refractivity contribution is 5.74. The largest absolute Gasteiger partial charge is 0.371 e. The molecule has 2 saturated heterocycles. The number of piperidine rings is 1. The Morgan fingerprint density at radius 3 is 2.48 bits per heavy atom. The Morgan fingerprint density at radius 1 is 1.13 bits per heavy atom. The summed E-state index contributed by atoms with van der Waals surface area (Å²) in [5, 5.41) is 3.13. The smallest absolute Gasteiger partial charge is 0.317 e. The van der Waals surface area contributed by atoms with Crippen molar-refractivity contribution in [1.82, 2.24) is 10.2 Å². The Hall–Kier alpha value is -1.71. The van der Waals surface area contributed by atoms with Crippen LogP contribution in [0.3, 0.4) is 0 Å².